The van der Waals surface area contributed by atoms with Crippen LogP contribution in [0.5, 0.6) is 0 Å². The highest BCUT2D eigenvalue weighted by atomic mass is 19.1. The first-order chi connectivity index (χ1) is 13.0. The Kier molecular flexibility index (Phi) is 5.33. The fourth-order valence-corrected chi connectivity index (χ4v) is 3.33. The number of aromatic nitrogens is 1. The van der Waals surface area contributed by atoms with Crippen molar-refractivity contribution >= 4 is 17.3 Å². The molecule has 1 fully saturated rings. The summed E-state index contributed by atoms with van der Waals surface area (Å²) in [6, 6.07) is 6.67. The first-order valence-corrected chi connectivity index (χ1v) is 8.76. The van der Waals surface area contributed by atoms with Crippen molar-refractivity contribution in [2.45, 2.75) is 6.92 Å². The fourth-order valence-electron chi connectivity index (χ4n) is 3.33. The summed E-state index contributed by atoms with van der Waals surface area (Å²) in [5, 5.41) is 9.19. The SMILES string of the molecule is CCN1CCN(c2ccc(-n3cc(C#N)c(N)c3C(=O)OC)cc2F)CC1. The summed E-state index contributed by atoms with van der Waals surface area (Å²) < 4.78 is 21.0. The minimum absolute atomic E-state index is 0.0118. The third kappa shape index (κ3) is 3.46. The van der Waals surface area contributed by atoms with Crippen LogP contribution < -0.4 is 10.6 Å². The monoisotopic (exact) mass is 371 g/mol. The second kappa shape index (κ2) is 7.68. The lowest BCUT2D eigenvalue weighted by molar-refractivity contribution is 0.0593. The second-order valence-electron chi connectivity index (χ2n) is 6.34. The number of ether oxygens (including phenoxy) is 1. The maximum atomic E-state index is 14.8. The summed E-state index contributed by atoms with van der Waals surface area (Å²) in [4.78, 5) is 16.4. The summed E-state index contributed by atoms with van der Waals surface area (Å²) in [6.07, 6.45) is 1.41. The smallest absolute Gasteiger partial charge is 0.357 e. The molecule has 0 unspecified atom stereocenters. The average molecular weight is 371 g/mol. The number of nitrogens with zero attached hydrogens (tertiary/aromatic N) is 4. The molecule has 1 saturated heterocycles. The number of anilines is 2. The molecule has 0 atom stereocenters. The first kappa shape index (κ1) is 18.7. The van der Waals surface area contributed by atoms with Crippen molar-refractivity contribution in [2.24, 2.45) is 0 Å². The molecule has 0 bridgehead atoms. The van der Waals surface area contributed by atoms with Gasteiger partial charge in [-0.3, -0.25) is 0 Å². The van der Waals surface area contributed by atoms with E-state index in [9.17, 15) is 14.4 Å². The van der Waals surface area contributed by atoms with E-state index in [-0.39, 0.29) is 22.8 Å². The predicted octanol–water partition coefficient (Wildman–Crippen LogP) is 2.00. The fraction of sp³-hybridized carbons (Fsp3) is 0.368. The van der Waals surface area contributed by atoms with Crippen molar-refractivity contribution in [1.82, 2.24) is 9.47 Å². The zero-order chi connectivity index (χ0) is 19.6. The molecule has 0 radical (unpaired) electrons. The molecule has 27 heavy (non-hydrogen) atoms. The number of nitrogen functional groups attached to an aromatic ring is 1. The molecule has 0 amide bonds. The molecule has 2 N–H and O–H groups in total. The molecule has 1 aromatic carbocycles. The maximum absolute atomic E-state index is 14.8. The molecule has 0 saturated carbocycles. The lowest BCUT2D eigenvalue weighted by atomic mass is 10.2. The molecule has 0 spiro atoms. The predicted molar refractivity (Wildman–Crippen MR) is 101 cm³/mol. The minimum Gasteiger partial charge on any atom is -0.464 e. The van der Waals surface area contributed by atoms with Gasteiger partial charge in [-0.1, -0.05) is 6.92 Å². The molecular weight excluding hydrogens is 349 g/mol. The molecule has 1 aromatic heterocycles. The van der Waals surface area contributed by atoms with Gasteiger partial charge in [0.05, 0.1) is 24.0 Å². The van der Waals surface area contributed by atoms with Gasteiger partial charge in [-0.05, 0) is 18.7 Å². The summed E-state index contributed by atoms with van der Waals surface area (Å²) in [6.45, 7) is 6.40. The molecule has 8 heteroatoms. The highest BCUT2D eigenvalue weighted by Crippen LogP contribution is 2.28. The van der Waals surface area contributed by atoms with Gasteiger partial charge in [0.2, 0.25) is 0 Å². The van der Waals surface area contributed by atoms with Gasteiger partial charge in [0.15, 0.2) is 5.69 Å². The van der Waals surface area contributed by atoms with E-state index < -0.39 is 5.97 Å². The number of nitrogens with two attached hydrogens (primary N) is 1. The molecule has 7 nitrogen and oxygen atoms in total. The van der Waals surface area contributed by atoms with Crippen LogP contribution in [-0.2, 0) is 4.74 Å². The number of hydrogen-bond donors (Lipinski definition) is 1. The van der Waals surface area contributed by atoms with Gasteiger partial charge in [0.25, 0.3) is 0 Å². The van der Waals surface area contributed by atoms with Gasteiger partial charge in [0, 0.05) is 44.1 Å². The van der Waals surface area contributed by atoms with Crippen LogP contribution in [0.1, 0.15) is 23.0 Å². The first-order valence-electron chi connectivity index (χ1n) is 8.76. The van der Waals surface area contributed by atoms with E-state index in [2.05, 4.69) is 11.8 Å². The zero-order valence-corrected chi connectivity index (χ0v) is 15.4. The quantitative estimate of drug-likeness (QED) is 0.827. The largest absolute Gasteiger partial charge is 0.464 e. The van der Waals surface area contributed by atoms with Gasteiger partial charge in [-0.2, -0.15) is 5.26 Å². The van der Waals surface area contributed by atoms with Crippen LogP contribution in [0.3, 0.4) is 0 Å². The molecule has 1 aliphatic heterocycles. The summed E-state index contributed by atoms with van der Waals surface area (Å²) in [5.41, 5.74) is 6.98. The number of nitriles is 1. The van der Waals surface area contributed by atoms with Gasteiger partial charge in [-0.25, -0.2) is 9.18 Å². The van der Waals surface area contributed by atoms with E-state index in [4.69, 9.17) is 10.5 Å². The Hall–Kier alpha value is -3.05. The zero-order valence-electron chi connectivity index (χ0n) is 15.4. The number of hydrogen-bond acceptors (Lipinski definition) is 6. The van der Waals surface area contributed by atoms with Crippen molar-refractivity contribution in [1.29, 1.82) is 5.26 Å². The van der Waals surface area contributed by atoms with Crippen molar-refractivity contribution in [3.05, 3.63) is 41.5 Å². The molecule has 2 heterocycles. The topological polar surface area (TPSA) is 87.5 Å². The molecule has 0 aliphatic carbocycles. The lowest BCUT2D eigenvalue weighted by Gasteiger charge is -2.35. The average Bonchev–Trinajstić information content (AvgIpc) is 3.03. The van der Waals surface area contributed by atoms with E-state index >= 15 is 0 Å². The third-order valence-corrected chi connectivity index (χ3v) is 4.91. The Balaban J connectivity index is 1.95. The Morgan fingerprint density at radius 1 is 1.33 bits per heavy atom. The van der Waals surface area contributed by atoms with Crippen LogP contribution >= 0.6 is 0 Å². The Morgan fingerprint density at radius 2 is 2.04 bits per heavy atom. The number of carbonyl (C=O) groups excluding carboxylic acids is 1. The molecule has 3 rings (SSSR count). The Bertz CT molecular complexity index is 894. The molecule has 2 aromatic rings. The van der Waals surface area contributed by atoms with Crippen molar-refractivity contribution in [3.63, 3.8) is 0 Å². The maximum Gasteiger partial charge on any atom is 0.357 e. The van der Waals surface area contributed by atoms with Gasteiger partial charge < -0.3 is 24.8 Å². The lowest BCUT2D eigenvalue weighted by Crippen LogP contribution is -2.46. The van der Waals surface area contributed by atoms with Crippen LogP contribution in [0.4, 0.5) is 15.8 Å². The van der Waals surface area contributed by atoms with Crippen LogP contribution in [0, 0.1) is 17.1 Å². The number of methoxy groups -OCH3 is 1. The van der Waals surface area contributed by atoms with Crippen LogP contribution in [-0.4, -0.2) is 55.3 Å². The normalized spacial score (nSPS) is 14.8. The number of piperazine rings is 1. The number of halogens is 1. The second-order valence-corrected chi connectivity index (χ2v) is 6.34. The molecule has 1 aliphatic rings. The van der Waals surface area contributed by atoms with Gasteiger partial charge in [0.1, 0.15) is 11.9 Å². The van der Waals surface area contributed by atoms with Crippen molar-refractivity contribution in [3.8, 4) is 11.8 Å². The minimum atomic E-state index is -0.686. The molecular formula is C19H22FN5O2. The summed E-state index contributed by atoms with van der Waals surface area (Å²) >= 11 is 0. The van der Waals surface area contributed by atoms with Crippen LogP contribution in [0.25, 0.3) is 5.69 Å². The van der Waals surface area contributed by atoms with Gasteiger partial charge in [-0.15, -0.1) is 0 Å². The standard InChI is InChI=1S/C19H22FN5O2/c1-3-23-6-8-24(9-7-23)16-5-4-14(10-15(16)20)25-12-13(11-21)17(22)18(25)19(26)27-2/h4-5,10,12H,3,6-9,22H2,1-2H3. The summed E-state index contributed by atoms with van der Waals surface area (Å²) in [7, 11) is 1.23. The van der Waals surface area contributed by atoms with Crippen LogP contribution in [0.2, 0.25) is 0 Å². The number of likely N-dealkylation sites (N-methyl/N-ethyl adjacent to an activating group) is 1. The van der Waals surface area contributed by atoms with E-state index in [0.29, 0.717) is 11.4 Å². The van der Waals surface area contributed by atoms with Crippen molar-refractivity contribution < 1.29 is 13.9 Å². The van der Waals surface area contributed by atoms with E-state index in [1.165, 1.54) is 23.9 Å². The van der Waals surface area contributed by atoms with Gasteiger partial charge >= 0.3 is 5.97 Å². The number of carbonyl (C=O) groups is 1. The number of esters is 1. The number of rotatable bonds is 4. The van der Waals surface area contributed by atoms with Crippen molar-refractivity contribution in [2.75, 3.05) is 50.5 Å². The van der Waals surface area contributed by atoms with Crippen LogP contribution in [0.15, 0.2) is 24.4 Å². The third-order valence-electron chi connectivity index (χ3n) is 4.91. The highest BCUT2D eigenvalue weighted by Gasteiger charge is 2.23. The summed E-state index contributed by atoms with van der Waals surface area (Å²) in [5.74, 6) is -1.08. The Morgan fingerprint density at radius 3 is 2.59 bits per heavy atom. The highest BCUT2D eigenvalue weighted by molar-refractivity contribution is 5.96. The number of benzene rings is 1. The Labute approximate surface area is 157 Å². The van der Waals surface area contributed by atoms with E-state index in [0.717, 1.165) is 32.7 Å². The van der Waals surface area contributed by atoms with E-state index in [1.54, 1.807) is 12.1 Å². The molecule has 142 valence electrons. The van der Waals surface area contributed by atoms with E-state index in [1.807, 2.05) is 11.0 Å².